The van der Waals surface area contributed by atoms with Crippen LogP contribution in [0.15, 0.2) is 18.2 Å². The molecule has 0 aromatic heterocycles. The zero-order valence-electron chi connectivity index (χ0n) is 11.5. The molecule has 1 fully saturated rings. The molecule has 0 spiro atoms. The molecule has 104 valence electrons. The molecule has 1 unspecified atom stereocenters. The van der Waals surface area contributed by atoms with Crippen LogP contribution in [0.25, 0.3) is 0 Å². The smallest absolute Gasteiger partial charge is 0.231 e. The molecule has 1 N–H and O–H groups in total. The second-order valence-electron chi connectivity index (χ2n) is 5.60. The van der Waals surface area contributed by atoms with Gasteiger partial charge in [-0.2, -0.15) is 0 Å². The van der Waals surface area contributed by atoms with Crippen LogP contribution in [-0.2, 0) is 0 Å². The predicted molar refractivity (Wildman–Crippen MR) is 72.8 cm³/mol. The maximum atomic E-state index is 6.08. The van der Waals surface area contributed by atoms with E-state index in [0.717, 1.165) is 23.8 Å². The first-order valence-corrected chi connectivity index (χ1v) is 7.02. The van der Waals surface area contributed by atoms with E-state index in [1.165, 1.54) is 12.8 Å². The Kier molecular flexibility index (Phi) is 3.51. The highest BCUT2D eigenvalue weighted by atomic mass is 16.7. The minimum atomic E-state index is 0.181. The first kappa shape index (κ1) is 12.6. The van der Waals surface area contributed by atoms with Crippen LogP contribution in [0.3, 0.4) is 0 Å². The second kappa shape index (κ2) is 5.29. The number of rotatable bonds is 6. The molecule has 1 heterocycles. The summed E-state index contributed by atoms with van der Waals surface area (Å²) < 4.78 is 16.8. The second-order valence-corrected chi connectivity index (χ2v) is 5.60. The zero-order chi connectivity index (χ0) is 13.2. The van der Waals surface area contributed by atoms with Crippen LogP contribution in [-0.4, -0.2) is 25.5 Å². The average molecular weight is 263 g/mol. The Morgan fingerprint density at radius 1 is 1.26 bits per heavy atom. The summed E-state index contributed by atoms with van der Waals surface area (Å²) in [4.78, 5) is 0. The number of nitrogens with one attached hydrogen (secondary N) is 1. The van der Waals surface area contributed by atoms with Crippen LogP contribution in [0.4, 0.5) is 0 Å². The molecule has 19 heavy (non-hydrogen) atoms. The van der Waals surface area contributed by atoms with E-state index in [4.69, 9.17) is 14.2 Å². The summed E-state index contributed by atoms with van der Waals surface area (Å²) in [6, 6.07) is 6.47. The highest BCUT2D eigenvalue weighted by Gasteiger charge is 2.24. The summed E-state index contributed by atoms with van der Waals surface area (Å²) in [6.45, 7) is 5.57. The predicted octanol–water partition coefficient (Wildman–Crippen LogP) is 2.57. The Balaban J connectivity index is 1.63. The van der Waals surface area contributed by atoms with Crippen LogP contribution in [0, 0.1) is 5.92 Å². The molecule has 0 amide bonds. The molecule has 0 saturated heterocycles. The van der Waals surface area contributed by atoms with E-state index in [2.05, 4.69) is 19.2 Å². The van der Waals surface area contributed by atoms with Crippen molar-refractivity contribution in [2.24, 2.45) is 5.92 Å². The normalized spacial score (nSPS) is 18.7. The molecular formula is C15H21NO3. The largest absolute Gasteiger partial charge is 0.489 e. The fourth-order valence-corrected chi connectivity index (χ4v) is 2.11. The van der Waals surface area contributed by atoms with Gasteiger partial charge in [-0.15, -0.1) is 0 Å². The van der Waals surface area contributed by atoms with Gasteiger partial charge in [0.15, 0.2) is 11.5 Å². The van der Waals surface area contributed by atoms with Crippen LogP contribution >= 0.6 is 0 Å². The molecule has 1 aliphatic carbocycles. The number of fused-ring (bicyclic) bond motifs is 1. The Morgan fingerprint density at radius 3 is 2.79 bits per heavy atom. The van der Waals surface area contributed by atoms with Gasteiger partial charge in [0.1, 0.15) is 11.9 Å². The van der Waals surface area contributed by atoms with Crippen LogP contribution in [0.2, 0.25) is 0 Å². The first-order chi connectivity index (χ1) is 9.22. The topological polar surface area (TPSA) is 39.7 Å². The number of hydrogen-bond donors (Lipinski definition) is 1. The van der Waals surface area contributed by atoms with E-state index in [0.29, 0.717) is 18.8 Å². The van der Waals surface area contributed by atoms with Crippen LogP contribution in [0.5, 0.6) is 17.2 Å². The van der Waals surface area contributed by atoms with Gasteiger partial charge in [-0.3, -0.25) is 0 Å². The Morgan fingerprint density at radius 2 is 2.05 bits per heavy atom. The van der Waals surface area contributed by atoms with E-state index < -0.39 is 0 Å². The van der Waals surface area contributed by atoms with Crippen molar-refractivity contribution < 1.29 is 14.2 Å². The molecule has 0 radical (unpaired) electrons. The maximum Gasteiger partial charge on any atom is 0.231 e. The maximum absolute atomic E-state index is 6.08. The Hall–Kier alpha value is -1.42. The molecule has 0 bridgehead atoms. The summed E-state index contributed by atoms with van der Waals surface area (Å²) in [5, 5.41) is 3.53. The third-order valence-electron chi connectivity index (χ3n) is 3.56. The molecular weight excluding hydrogens is 242 g/mol. The van der Waals surface area contributed by atoms with Gasteiger partial charge in [-0.05, 0) is 30.9 Å². The van der Waals surface area contributed by atoms with E-state index in [9.17, 15) is 0 Å². The molecule has 1 atom stereocenters. The number of benzene rings is 1. The van der Waals surface area contributed by atoms with Crippen LogP contribution < -0.4 is 19.5 Å². The summed E-state index contributed by atoms with van der Waals surface area (Å²) in [6.07, 6.45) is 2.78. The lowest BCUT2D eigenvalue weighted by Gasteiger charge is -2.23. The van der Waals surface area contributed by atoms with Crippen molar-refractivity contribution in [3.8, 4) is 17.2 Å². The third-order valence-corrected chi connectivity index (χ3v) is 3.56. The summed E-state index contributed by atoms with van der Waals surface area (Å²) in [7, 11) is 0. The number of hydrogen-bond acceptors (Lipinski definition) is 4. The van der Waals surface area contributed by atoms with Gasteiger partial charge in [0.25, 0.3) is 0 Å². The van der Waals surface area contributed by atoms with E-state index >= 15 is 0 Å². The van der Waals surface area contributed by atoms with Crippen molar-refractivity contribution in [1.29, 1.82) is 0 Å². The van der Waals surface area contributed by atoms with Crippen molar-refractivity contribution in [1.82, 2.24) is 5.32 Å². The van der Waals surface area contributed by atoms with Gasteiger partial charge < -0.3 is 19.5 Å². The van der Waals surface area contributed by atoms with Crippen molar-refractivity contribution in [2.75, 3.05) is 13.3 Å². The molecule has 1 aromatic rings. The SMILES string of the molecule is CC(C)C(CNC1CC1)Oc1ccc2c(c1)OCO2. The van der Waals surface area contributed by atoms with Crippen LogP contribution in [0.1, 0.15) is 26.7 Å². The standard InChI is InChI=1S/C15H21NO3/c1-10(2)15(8-16-11-3-4-11)19-12-5-6-13-14(7-12)18-9-17-13/h5-7,10-11,15-16H,3-4,8-9H2,1-2H3. The Labute approximate surface area is 114 Å². The summed E-state index contributed by atoms with van der Waals surface area (Å²) >= 11 is 0. The molecule has 1 saturated carbocycles. The average Bonchev–Trinajstić information content (AvgIpc) is 3.10. The lowest BCUT2D eigenvalue weighted by molar-refractivity contribution is 0.147. The minimum absolute atomic E-state index is 0.181. The van der Waals surface area contributed by atoms with Gasteiger partial charge in [0, 0.05) is 18.7 Å². The quantitative estimate of drug-likeness (QED) is 0.856. The van der Waals surface area contributed by atoms with E-state index in [-0.39, 0.29) is 6.10 Å². The van der Waals surface area contributed by atoms with Gasteiger partial charge in [-0.1, -0.05) is 13.8 Å². The Bertz CT molecular complexity index is 443. The van der Waals surface area contributed by atoms with Gasteiger partial charge in [0.2, 0.25) is 6.79 Å². The van der Waals surface area contributed by atoms with Crippen molar-refractivity contribution in [3.05, 3.63) is 18.2 Å². The summed E-state index contributed by atoms with van der Waals surface area (Å²) in [5.74, 6) is 2.89. The molecule has 1 aliphatic heterocycles. The van der Waals surface area contributed by atoms with Gasteiger partial charge in [0.05, 0.1) is 0 Å². The van der Waals surface area contributed by atoms with Gasteiger partial charge in [-0.25, -0.2) is 0 Å². The van der Waals surface area contributed by atoms with Crippen molar-refractivity contribution in [2.45, 2.75) is 38.8 Å². The van der Waals surface area contributed by atoms with Crippen molar-refractivity contribution in [3.63, 3.8) is 0 Å². The van der Waals surface area contributed by atoms with E-state index in [1.807, 2.05) is 18.2 Å². The number of ether oxygens (including phenoxy) is 3. The molecule has 2 aliphatic rings. The lowest BCUT2D eigenvalue weighted by atomic mass is 10.1. The van der Waals surface area contributed by atoms with Crippen molar-refractivity contribution >= 4 is 0 Å². The minimum Gasteiger partial charge on any atom is -0.489 e. The fraction of sp³-hybridized carbons (Fsp3) is 0.600. The zero-order valence-corrected chi connectivity index (χ0v) is 11.5. The fourth-order valence-electron chi connectivity index (χ4n) is 2.11. The van der Waals surface area contributed by atoms with E-state index in [1.54, 1.807) is 0 Å². The molecule has 3 rings (SSSR count). The lowest BCUT2D eigenvalue weighted by Crippen LogP contribution is -2.36. The monoisotopic (exact) mass is 263 g/mol. The van der Waals surface area contributed by atoms with Gasteiger partial charge >= 0.3 is 0 Å². The molecule has 1 aromatic carbocycles. The highest BCUT2D eigenvalue weighted by Crippen LogP contribution is 2.35. The highest BCUT2D eigenvalue weighted by molar-refractivity contribution is 5.46. The first-order valence-electron chi connectivity index (χ1n) is 7.02. The third kappa shape index (κ3) is 3.13. The summed E-state index contributed by atoms with van der Waals surface area (Å²) in [5.41, 5.74) is 0. The molecule has 4 nitrogen and oxygen atoms in total. The molecule has 4 heteroatoms.